The second-order valence-corrected chi connectivity index (χ2v) is 9.01. The number of carbonyl (C=O) groups is 4. The highest BCUT2D eigenvalue weighted by atomic mass is 16.2. The standard InChI is InChI=1S/C26H43N9O4/c27-13-3-1-7-21(34-23(37)10-9-19-11-16-31-17-12-19)25(39)35-22(8-2-4-14-28)24(38)33-20(18-36)6-5-15-32-26(29)30/h9-12,16-18,20-22H,1-8,13-15,27-28H2,(H,33,38)(H,34,37)(H,35,39)(H4,29,30,32)/b10-9+/t20-,21-,22-/m0/s1. The maximum absolute atomic E-state index is 13.2. The van der Waals surface area contributed by atoms with Crippen LogP contribution in [0.3, 0.4) is 0 Å². The number of carbonyl (C=O) groups excluding carboxylic acids is 4. The second kappa shape index (κ2) is 20.2. The highest BCUT2D eigenvalue weighted by molar-refractivity contribution is 5.96. The summed E-state index contributed by atoms with van der Waals surface area (Å²) in [5, 5.41) is 8.14. The number of unbranched alkanes of at least 4 members (excludes halogenated alkanes) is 2. The molecule has 11 N–H and O–H groups in total. The summed E-state index contributed by atoms with van der Waals surface area (Å²) >= 11 is 0. The summed E-state index contributed by atoms with van der Waals surface area (Å²) in [4.78, 5) is 58.2. The van der Waals surface area contributed by atoms with E-state index in [9.17, 15) is 19.2 Å². The minimum Gasteiger partial charge on any atom is -0.370 e. The van der Waals surface area contributed by atoms with Gasteiger partial charge in [0.1, 0.15) is 18.4 Å². The maximum atomic E-state index is 13.2. The molecule has 13 heteroatoms. The summed E-state index contributed by atoms with van der Waals surface area (Å²) in [6.45, 7) is 1.20. The van der Waals surface area contributed by atoms with Crippen LogP contribution in [0.4, 0.5) is 0 Å². The Balaban J connectivity index is 2.89. The first-order valence-electron chi connectivity index (χ1n) is 13.2. The van der Waals surface area contributed by atoms with Crippen molar-refractivity contribution in [2.45, 2.75) is 69.5 Å². The lowest BCUT2D eigenvalue weighted by molar-refractivity contribution is -0.132. The predicted octanol–water partition coefficient (Wildman–Crippen LogP) is -0.940. The van der Waals surface area contributed by atoms with Crippen LogP contribution in [0.25, 0.3) is 6.08 Å². The Labute approximate surface area is 229 Å². The molecule has 0 fully saturated rings. The zero-order valence-corrected chi connectivity index (χ0v) is 22.4. The van der Waals surface area contributed by atoms with Crippen LogP contribution >= 0.6 is 0 Å². The Kier molecular flexibility index (Phi) is 17.2. The van der Waals surface area contributed by atoms with Crippen molar-refractivity contribution in [1.82, 2.24) is 20.9 Å². The topological polar surface area (TPSA) is 234 Å². The van der Waals surface area contributed by atoms with Gasteiger partial charge in [-0.1, -0.05) is 0 Å². The van der Waals surface area contributed by atoms with E-state index in [0.717, 1.165) is 5.56 Å². The molecule has 1 aromatic heterocycles. The van der Waals surface area contributed by atoms with Crippen LogP contribution in [0, 0.1) is 0 Å². The molecule has 0 spiro atoms. The van der Waals surface area contributed by atoms with Crippen LogP contribution in [-0.4, -0.2) is 72.7 Å². The van der Waals surface area contributed by atoms with Crippen LogP contribution < -0.4 is 38.9 Å². The summed E-state index contributed by atoms with van der Waals surface area (Å²) in [6.07, 6.45) is 10.8. The molecule has 0 unspecified atom stereocenters. The third-order valence-corrected chi connectivity index (χ3v) is 5.75. The lowest BCUT2D eigenvalue weighted by Crippen LogP contribution is -2.55. The van der Waals surface area contributed by atoms with E-state index >= 15 is 0 Å². The summed E-state index contributed by atoms with van der Waals surface area (Å²) in [5.74, 6) is -1.50. The fourth-order valence-electron chi connectivity index (χ4n) is 3.64. The molecule has 1 heterocycles. The molecule has 13 nitrogen and oxygen atoms in total. The molecular formula is C26H43N9O4. The van der Waals surface area contributed by atoms with E-state index in [2.05, 4.69) is 25.9 Å². The predicted molar refractivity (Wildman–Crippen MR) is 151 cm³/mol. The molecule has 0 aliphatic rings. The van der Waals surface area contributed by atoms with Gasteiger partial charge in [-0.3, -0.25) is 24.4 Å². The smallest absolute Gasteiger partial charge is 0.244 e. The summed E-state index contributed by atoms with van der Waals surface area (Å²) in [5.41, 5.74) is 22.6. The van der Waals surface area contributed by atoms with Gasteiger partial charge in [0, 0.05) is 25.0 Å². The molecule has 0 aromatic carbocycles. The number of nitrogens with one attached hydrogen (secondary N) is 3. The van der Waals surface area contributed by atoms with Crippen molar-refractivity contribution in [3.05, 3.63) is 36.2 Å². The lowest BCUT2D eigenvalue weighted by Gasteiger charge is -2.24. The van der Waals surface area contributed by atoms with Crippen molar-refractivity contribution in [1.29, 1.82) is 0 Å². The molecule has 1 rings (SSSR count). The second-order valence-electron chi connectivity index (χ2n) is 9.01. The van der Waals surface area contributed by atoms with Gasteiger partial charge in [0.05, 0.1) is 6.04 Å². The van der Waals surface area contributed by atoms with E-state index < -0.39 is 35.8 Å². The number of nitrogens with zero attached hydrogens (tertiary/aromatic N) is 2. The average molecular weight is 546 g/mol. The summed E-state index contributed by atoms with van der Waals surface area (Å²) in [6, 6.07) is 0.933. The van der Waals surface area contributed by atoms with Crippen LogP contribution in [0.2, 0.25) is 0 Å². The molecule has 0 bridgehead atoms. The number of rotatable bonds is 20. The van der Waals surface area contributed by atoms with Gasteiger partial charge in [-0.05, 0) is 88.2 Å². The van der Waals surface area contributed by atoms with Crippen molar-refractivity contribution in [3.8, 4) is 0 Å². The number of pyridine rings is 1. The Bertz CT molecular complexity index is 937. The van der Waals surface area contributed by atoms with E-state index in [1.807, 2.05) is 0 Å². The molecule has 3 atom stereocenters. The Morgan fingerprint density at radius 3 is 2.00 bits per heavy atom. The van der Waals surface area contributed by atoms with E-state index in [1.165, 1.54) is 6.08 Å². The van der Waals surface area contributed by atoms with Crippen LogP contribution in [0.15, 0.2) is 35.6 Å². The van der Waals surface area contributed by atoms with Gasteiger partial charge in [0.15, 0.2) is 5.96 Å². The quantitative estimate of drug-likeness (QED) is 0.0351. The fourth-order valence-corrected chi connectivity index (χ4v) is 3.64. The van der Waals surface area contributed by atoms with Gasteiger partial charge in [-0.15, -0.1) is 0 Å². The van der Waals surface area contributed by atoms with E-state index in [-0.39, 0.29) is 5.96 Å². The number of aliphatic imine (C=N–C) groups is 1. The molecule has 3 amide bonds. The average Bonchev–Trinajstić information content (AvgIpc) is 2.92. The highest BCUT2D eigenvalue weighted by Crippen LogP contribution is 2.07. The fraction of sp³-hybridized carbons (Fsp3) is 0.538. The van der Waals surface area contributed by atoms with Crippen molar-refractivity contribution in [3.63, 3.8) is 0 Å². The number of hydrogen-bond acceptors (Lipinski definition) is 8. The monoisotopic (exact) mass is 545 g/mol. The molecule has 216 valence electrons. The van der Waals surface area contributed by atoms with E-state index in [0.29, 0.717) is 77.3 Å². The minimum atomic E-state index is -0.912. The van der Waals surface area contributed by atoms with Crippen molar-refractivity contribution >= 4 is 36.0 Å². The largest absolute Gasteiger partial charge is 0.370 e. The normalized spacial score (nSPS) is 13.2. The van der Waals surface area contributed by atoms with Gasteiger partial charge < -0.3 is 43.7 Å². The molecule has 0 saturated carbocycles. The van der Waals surface area contributed by atoms with Crippen LogP contribution in [0.5, 0.6) is 0 Å². The molecule has 0 aliphatic heterocycles. The van der Waals surface area contributed by atoms with Crippen molar-refractivity contribution in [2.75, 3.05) is 19.6 Å². The number of aromatic nitrogens is 1. The first-order chi connectivity index (χ1) is 18.8. The molecule has 0 radical (unpaired) electrons. The number of hydrogen-bond donors (Lipinski definition) is 7. The number of guanidine groups is 1. The highest BCUT2D eigenvalue weighted by Gasteiger charge is 2.27. The molecule has 0 saturated heterocycles. The minimum absolute atomic E-state index is 0.0506. The van der Waals surface area contributed by atoms with Gasteiger partial charge in [-0.2, -0.15) is 0 Å². The number of aldehydes is 1. The van der Waals surface area contributed by atoms with E-state index in [1.54, 1.807) is 30.6 Å². The lowest BCUT2D eigenvalue weighted by atomic mass is 10.0. The molecular weight excluding hydrogens is 502 g/mol. The summed E-state index contributed by atoms with van der Waals surface area (Å²) in [7, 11) is 0. The van der Waals surface area contributed by atoms with Crippen LogP contribution in [-0.2, 0) is 19.2 Å². The Morgan fingerprint density at radius 1 is 0.846 bits per heavy atom. The Morgan fingerprint density at radius 2 is 1.44 bits per heavy atom. The summed E-state index contributed by atoms with van der Waals surface area (Å²) < 4.78 is 0. The first-order valence-corrected chi connectivity index (χ1v) is 13.2. The maximum Gasteiger partial charge on any atom is 0.244 e. The molecule has 39 heavy (non-hydrogen) atoms. The SMILES string of the molecule is NCCCC[C@H](NC(=O)/C=C/c1ccncc1)C(=O)N[C@@H](CCCCN)C(=O)N[C@H](C=O)CCCN=C(N)N. The van der Waals surface area contributed by atoms with Crippen molar-refractivity contribution < 1.29 is 19.2 Å². The number of nitrogens with two attached hydrogens (primary N) is 4. The zero-order chi connectivity index (χ0) is 28.9. The third kappa shape index (κ3) is 15.2. The van der Waals surface area contributed by atoms with Gasteiger partial charge in [0.25, 0.3) is 0 Å². The van der Waals surface area contributed by atoms with Crippen LogP contribution in [0.1, 0.15) is 56.9 Å². The third-order valence-electron chi connectivity index (χ3n) is 5.75. The first kappa shape index (κ1) is 33.2. The van der Waals surface area contributed by atoms with E-state index in [4.69, 9.17) is 22.9 Å². The van der Waals surface area contributed by atoms with Gasteiger partial charge in [0.2, 0.25) is 17.7 Å². The Hall–Kier alpha value is -3.84. The van der Waals surface area contributed by atoms with Gasteiger partial charge in [-0.25, -0.2) is 0 Å². The molecule has 1 aromatic rings. The van der Waals surface area contributed by atoms with Crippen molar-refractivity contribution in [2.24, 2.45) is 27.9 Å². The molecule has 0 aliphatic carbocycles. The zero-order valence-electron chi connectivity index (χ0n) is 22.4. The van der Waals surface area contributed by atoms with Gasteiger partial charge >= 0.3 is 0 Å². The number of amides is 3.